The minimum atomic E-state index is 0.653. The van der Waals surface area contributed by atoms with Gasteiger partial charge in [-0.25, -0.2) is 0 Å². The lowest BCUT2D eigenvalue weighted by molar-refractivity contribution is -0.0265. The van der Waals surface area contributed by atoms with Crippen LogP contribution in [-0.4, -0.2) is 24.2 Å². The Morgan fingerprint density at radius 2 is 2.33 bits per heavy atom. The summed E-state index contributed by atoms with van der Waals surface area (Å²) < 4.78 is 5.58. The van der Waals surface area contributed by atoms with E-state index < -0.39 is 0 Å². The van der Waals surface area contributed by atoms with E-state index in [1.54, 1.807) is 0 Å². The number of ether oxygens (including phenoxy) is 1. The lowest BCUT2D eigenvalue weighted by Crippen LogP contribution is -2.34. The molecule has 2 heteroatoms. The molecule has 0 aromatic heterocycles. The number of hydrogen-bond acceptors (Lipinski definition) is 2. The van der Waals surface area contributed by atoms with Gasteiger partial charge in [0.15, 0.2) is 0 Å². The Hall–Kier alpha value is 0.310. The molecule has 1 aliphatic carbocycles. The second kappa shape index (κ2) is 2.51. The van der Waals surface area contributed by atoms with Crippen LogP contribution in [0.4, 0.5) is 0 Å². The summed E-state index contributed by atoms with van der Waals surface area (Å²) in [6.45, 7) is 0.992. The molecule has 0 bridgehead atoms. The van der Waals surface area contributed by atoms with Crippen LogP contribution in [0.2, 0.25) is 0 Å². The Morgan fingerprint density at radius 3 is 3.11 bits per heavy atom. The molecule has 2 atom stereocenters. The van der Waals surface area contributed by atoms with Gasteiger partial charge in [-0.3, -0.25) is 0 Å². The molecule has 1 saturated heterocycles. The molecule has 1 heterocycles. The van der Waals surface area contributed by atoms with Crippen molar-refractivity contribution in [3.63, 3.8) is 0 Å². The Balaban J connectivity index is 1.90. The first-order chi connectivity index (χ1) is 4.47. The van der Waals surface area contributed by atoms with Crippen LogP contribution < -0.4 is 0 Å². The van der Waals surface area contributed by atoms with E-state index in [0.717, 1.165) is 12.5 Å². The maximum atomic E-state index is 5.58. The van der Waals surface area contributed by atoms with Gasteiger partial charge in [-0.2, -0.15) is 11.8 Å². The molecule has 52 valence electrons. The molecule has 0 N–H and O–H groups in total. The van der Waals surface area contributed by atoms with Crippen LogP contribution in [-0.2, 0) is 4.74 Å². The highest BCUT2D eigenvalue weighted by Crippen LogP contribution is 2.34. The van der Waals surface area contributed by atoms with E-state index in [-0.39, 0.29) is 0 Å². The largest absolute Gasteiger partial charge is 0.377 e. The van der Waals surface area contributed by atoms with Crippen molar-refractivity contribution in [2.24, 2.45) is 5.92 Å². The molecule has 2 rings (SSSR count). The maximum absolute atomic E-state index is 5.58. The van der Waals surface area contributed by atoms with E-state index in [0.29, 0.717) is 6.10 Å². The third-order valence-corrected chi connectivity index (χ3v) is 3.36. The van der Waals surface area contributed by atoms with Gasteiger partial charge >= 0.3 is 0 Å². The fourth-order valence-electron chi connectivity index (χ4n) is 1.44. The van der Waals surface area contributed by atoms with Gasteiger partial charge in [0.25, 0.3) is 0 Å². The quantitative estimate of drug-likeness (QED) is 0.510. The first kappa shape index (κ1) is 6.05. The predicted octanol–water partition coefficient (Wildman–Crippen LogP) is 1.53. The zero-order valence-electron chi connectivity index (χ0n) is 5.51. The van der Waals surface area contributed by atoms with Crippen molar-refractivity contribution >= 4 is 11.8 Å². The number of rotatable bonds is 0. The summed E-state index contributed by atoms with van der Waals surface area (Å²) in [6.07, 6.45) is 3.39. The van der Waals surface area contributed by atoms with Gasteiger partial charge in [-0.05, 0) is 24.5 Å². The highest BCUT2D eigenvalue weighted by Gasteiger charge is 2.32. The SMILES string of the molecule is C1CSCC2CCC2O1. The van der Waals surface area contributed by atoms with Crippen molar-refractivity contribution in [2.45, 2.75) is 18.9 Å². The Morgan fingerprint density at radius 1 is 1.33 bits per heavy atom. The smallest absolute Gasteiger partial charge is 0.0611 e. The fraction of sp³-hybridized carbons (Fsp3) is 1.00. The van der Waals surface area contributed by atoms with Crippen LogP contribution in [0.15, 0.2) is 0 Å². The van der Waals surface area contributed by atoms with Crippen molar-refractivity contribution in [1.82, 2.24) is 0 Å². The van der Waals surface area contributed by atoms with E-state index in [1.807, 2.05) is 0 Å². The summed E-state index contributed by atoms with van der Waals surface area (Å²) in [7, 11) is 0. The average molecular weight is 144 g/mol. The molecule has 1 saturated carbocycles. The first-order valence-corrected chi connectivity index (χ1v) is 4.81. The predicted molar refractivity (Wildman–Crippen MR) is 39.8 cm³/mol. The molecule has 2 aliphatic rings. The lowest BCUT2D eigenvalue weighted by Gasteiger charge is -2.33. The molecule has 2 fully saturated rings. The Bertz CT molecular complexity index is 93.1. The number of fused-ring (bicyclic) bond motifs is 1. The van der Waals surface area contributed by atoms with Crippen LogP contribution in [0.1, 0.15) is 12.8 Å². The molecule has 1 nitrogen and oxygen atoms in total. The van der Waals surface area contributed by atoms with E-state index in [9.17, 15) is 0 Å². The minimum absolute atomic E-state index is 0.653. The molecule has 2 unspecified atom stereocenters. The first-order valence-electron chi connectivity index (χ1n) is 3.66. The van der Waals surface area contributed by atoms with Gasteiger partial charge in [0.1, 0.15) is 0 Å². The molecule has 0 amide bonds. The van der Waals surface area contributed by atoms with Gasteiger partial charge in [0.2, 0.25) is 0 Å². The second-order valence-corrected chi connectivity index (χ2v) is 3.97. The average Bonchev–Trinajstić information content (AvgIpc) is 1.94. The van der Waals surface area contributed by atoms with Crippen LogP contribution in [0, 0.1) is 5.92 Å². The summed E-state index contributed by atoms with van der Waals surface area (Å²) in [6, 6.07) is 0. The summed E-state index contributed by atoms with van der Waals surface area (Å²) in [5, 5.41) is 0. The highest BCUT2D eigenvalue weighted by molar-refractivity contribution is 7.99. The molecule has 0 radical (unpaired) electrons. The Labute approximate surface area is 60.2 Å². The maximum Gasteiger partial charge on any atom is 0.0611 e. The third-order valence-electron chi connectivity index (χ3n) is 2.24. The number of hydrogen-bond donors (Lipinski definition) is 0. The van der Waals surface area contributed by atoms with Gasteiger partial charge in [-0.15, -0.1) is 0 Å². The van der Waals surface area contributed by atoms with E-state index in [4.69, 9.17) is 4.74 Å². The van der Waals surface area contributed by atoms with Gasteiger partial charge in [0.05, 0.1) is 12.7 Å². The van der Waals surface area contributed by atoms with Crippen molar-refractivity contribution < 1.29 is 4.74 Å². The van der Waals surface area contributed by atoms with E-state index in [2.05, 4.69) is 11.8 Å². The molecule has 0 aromatic carbocycles. The zero-order chi connectivity index (χ0) is 6.10. The fourth-order valence-corrected chi connectivity index (χ4v) is 2.51. The van der Waals surface area contributed by atoms with Crippen LogP contribution in [0.25, 0.3) is 0 Å². The van der Waals surface area contributed by atoms with Gasteiger partial charge in [-0.1, -0.05) is 0 Å². The molecule has 1 aliphatic heterocycles. The van der Waals surface area contributed by atoms with Crippen molar-refractivity contribution in [1.29, 1.82) is 0 Å². The standard InChI is InChI=1S/C7H12OS/c1-2-7-6(1)5-9-4-3-8-7/h6-7H,1-5H2. The lowest BCUT2D eigenvalue weighted by atomic mass is 9.83. The summed E-state index contributed by atoms with van der Waals surface area (Å²) in [4.78, 5) is 0. The van der Waals surface area contributed by atoms with Crippen molar-refractivity contribution in [2.75, 3.05) is 18.1 Å². The molecular formula is C7H12OS. The summed E-state index contributed by atoms with van der Waals surface area (Å²) in [5.41, 5.74) is 0. The summed E-state index contributed by atoms with van der Waals surface area (Å²) in [5.74, 6) is 3.48. The third kappa shape index (κ3) is 1.10. The normalized spacial score (nSPS) is 42.7. The van der Waals surface area contributed by atoms with Crippen LogP contribution in [0.5, 0.6) is 0 Å². The van der Waals surface area contributed by atoms with Crippen molar-refractivity contribution in [3.05, 3.63) is 0 Å². The second-order valence-electron chi connectivity index (χ2n) is 2.82. The van der Waals surface area contributed by atoms with Crippen LogP contribution >= 0.6 is 11.8 Å². The highest BCUT2D eigenvalue weighted by atomic mass is 32.2. The molecule has 0 aromatic rings. The van der Waals surface area contributed by atoms with E-state index in [1.165, 1.54) is 24.3 Å². The van der Waals surface area contributed by atoms with Gasteiger partial charge < -0.3 is 4.74 Å². The summed E-state index contributed by atoms with van der Waals surface area (Å²) >= 11 is 2.05. The van der Waals surface area contributed by atoms with E-state index >= 15 is 0 Å². The Kier molecular flexibility index (Phi) is 1.68. The monoisotopic (exact) mass is 144 g/mol. The zero-order valence-corrected chi connectivity index (χ0v) is 6.32. The molecular weight excluding hydrogens is 132 g/mol. The topological polar surface area (TPSA) is 9.23 Å². The van der Waals surface area contributed by atoms with Crippen LogP contribution in [0.3, 0.4) is 0 Å². The van der Waals surface area contributed by atoms with Gasteiger partial charge in [0, 0.05) is 5.75 Å². The minimum Gasteiger partial charge on any atom is -0.377 e. The molecule has 9 heavy (non-hydrogen) atoms. The number of thioether (sulfide) groups is 1. The van der Waals surface area contributed by atoms with Crippen molar-refractivity contribution in [3.8, 4) is 0 Å². The molecule has 0 spiro atoms.